The summed E-state index contributed by atoms with van der Waals surface area (Å²) >= 11 is -2.39. The van der Waals surface area contributed by atoms with E-state index in [2.05, 4.69) is 19.7 Å². The van der Waals surface area contributed by atoms with Crippen molar-refractivity contribution in [2.45, 2.75) is 12.8 Å². The van der Waals surface area contributed by atoms with Crippen LogP contribution in [0.3, 0.4) is 0 Å². The Hall–Kier alpha value is -2.69. The number of aromatic nitrogens is 3. The molecule has 0 amide bonds. The first-order chi connectivity index (χ1) is 13.0. The number of rotatable bonds is 7. The maximum absolute atomic E-state index is 14.2. The molecule has 1 aromatic carbocycles. The number of hydrogen-bond acceptors (Lipinski definition) is 6. The molecule has 0 aliphatic rings. The molecule has 0 radical (unpaired) electrons. The SMILES string of the molecule is O=C(c1cc2nccnc2cn1)c1cc(CCCNS(=O)[O-])cc(F)c1F. The van der Waals surface area contributed by atoms with Gasteiger partial charge in [-0.15, -0.1) is 0 Å². The summed E-state index contributed by atoms with van der Waals surface area (Å²) < 4.78 is 51.1. The molecule has 2 heterocycles. The topological polar surface area (TPSA) is 108 Å². The van der Waals surface area contributed by atoms with E-state index in [1.807, 2.05) is 0 Å². The van der Waals surface area contributed by atoms with E-state index in [9.17, 15) is 22.3 Å². The molecule has 0 bridgehead atoms. The molecule has 3 aromatic rings. The summed E-state index contributed by atoms with van der Waals surface area (Å²) in [5, 5.41) is 0. The van der Waals surface area contributed by atoms with E-state index in [1.54, 1.807) is 0 Å². The number of carbonyl (C=O) groups is 1. The van der Waals surface area contributed by atoms with Crippen LogP contribution in [0.2, 0.25) is 0 Å². The van der Waals surface area contributed by atoms with Gasteiger partial charge in [0, 0.05) is 30.2 Å². The molecule has 0 saturated heterocycles. The molecule has 27 heavy (non-hydrogen) atoms. The first kappa shape index (κ1) is 19.1. The maximum Gasteiger partial charge on any atom is 0.214 e. The zero-order chi connectivity index (χ0) is 19.4. The fourth-order valence-electron chi connectivity index (χ4n) is 2.53. The summed E-state index contributed by atoms with van der Waals surface area (Å²) in [7, 11) is 0. The quantitative estimate of drug-likeness (QED) is 0.374. The van der Waals surface area contributed by atoms with Crippen LogP contribution in [0.15, 0.2) is 36.8 Å². The second kappa shape index (κ2) is 8.33. The highest BCUT2D eigenvalue weighted by Gasteiger charge is 2.20. The van der Waals surface area contributed by atoms with Crippen LogP contribution in [0.5, 0.6) is 0 Å². The predicted octanol–water partition coefficient (Wildman–Crippen LogP) is 1.85. The molecule has 0 aliphatic carbocycles. The smallest absolute Gasteiger partial charge is 0.214 e. The summed E-state index contributed by atoms with van der Waals surface area (Å²) in [6.45, 7) is 0.142. The first-order valence-electron chi connectivity index (χ1n) is 7.88. The Bertz CT molecular complexity index is 1030. The molecule has 7 nitrogen and oxygen atoms in total. The second-order valence-corrected chi connectivity index (χ2v) is 6.37. The third-order valence-corrected chi connectivity index (χ3v) is 4.22. The minimum atomic E-state index is -2.39. The first-order valence-corrected chi connectivity index (χ1v) is 8.95. The summed E-state index contributed by atoms with van der Waals surface area (Å²) in [4.78, 5) is 24.7. The number of nitrogens with one attached hydrogen (secondary N) is 1. The lowest BCUT2D eigenvalue weighted by Gasteiger charge is -2.09. The molecule has 10 heteroatoms. The number of ketones is 1. The Labute approximate surface area is 155 Å². The lowest BCUT2D eigenvalue weighted by molar-refractivity contribution is 0.102. The summed E-state index contributed by atoms with van der Waals surface area (Å²) in [5.41, 5.74) is 0.724. The molecule has 140 valence electrons. The molecule has 1 unspecified atom stereocenters. The summed E-state index contributed by atoms with van der Waals surface area (Å²) in [6, 6.07) is 3.60. The van der Waals surface area contributed by atoms with E-state index in [-0.39, 0.29) is 18.7 Å². The van der Waals surface area contributed by atoms with Crippen molar-refractivity contribution < 1.29 is 22.3 Å². The minimum absolute atomic E-state index is 0.0816. The molecule has 3 rings (SSSR count). The monoisotopic (exact) mass is 391 g/mol. The standard InChI is InChI=1S/C17H14F2N4O3S/c18-12-7-10(2-1-3-23-27(25)26)6-11(16(12)19)17(24)14-8-13-15(9-22-14)21-5-4-20-13/h4-9,23H,1-3H2,(H,25,26)/p-1. The van der Waals surface area contributed by atoms with Gasteiger partial charge in [0.2, 0.25) is 5.78 Å². The van der Waals surface area contributed by atoms with E-state index in [1.165, 1.54) is 30.7 Å². The Morgan fingerprint density at radius 3 is 2.59 bits per heavy atom. The maximum atomic E-state index is 14.2. The highest BCUT2D eigenvalue weighted by atomic mass is 32.2. The molecule has 0 saturated carbocycles. The third-order valence-electron chi connectivity index (χ3n) is 3.78. The van der Waals surface area contributed by atoms with Crippen molar-refractivity contribution in [2.75, 3.05) is 6.54 Å². The average Bonchev–Trinajstić information content (AvgIpc) is 2.66. The number of fused-ring (bicyclic) bond motifs is 1. The number of aryl methyl sites for hydroxylation is 1. The Morgan fingerprint density at radius 2 is 1.85 bits per heavy atom. The van der Waals surface area contributed by atoms with E-state index in [4.69, 9.17) is 0 Å². The fraction of sp³-hybridized carbons (Fsp3) is 0.176. The molecule has 1 atom stereocenters. The number of carbonyl (C=O) groups excluding carboxylic acids is 1. The van der Waals surface area contributed by atoms with Gasteiger partial charge in [-0.05, 0) is 36.6 Å². The van der Waals surface area contributed by atoms with Crippen LogP contribution < -0.4 is 4.72 Å². The van der Waals surface area contributed by atoms with E-state index in [0.29, 0.717) is 23.0 Å². The van der Waals surface area contributed by atoms with Crippen LogP contribution in [0.4, 0.5) is 8.78 Å². The van der Waals surface area contributed by atoms with Crippen LogP contribution in [0.1, 0.15) is 28.0 Å². The predicted molar refractivity (Wildman–Crippen MR) is 92.4 cm³/mol. The molecule has 1 N–H and O–H groups in total. The number of pyridine rings is 1. The van der Waals surface area contributed by atoms with Gasteiger partial charge in [0.1, 0.15) is 11.2 Å². The lowest BCUT2D eigenvalue weighted by Crippen LogP contribution is -2.18. The Kier molecular flexibility index (Phi) is 5.89. The van der Waals surface area contributed by atoms with Gasteiger partial charge in [0.15, 0.2) is 11.6 Å². The molecular weight excluding hydrogens is 378 g/mol. The molecule has 0 fully saturated rings. The summed E-state index contributed by atoms with van der Waals surface area (Å²) in [6.07, 6.45) is 4.87. The van der Waals surface area contributed by atoms with Crippen LogP contribution in [0.25, 0.3) is 11.0 Å². The van der Waals surface area contributed by atoms with Crippen molar-refractivity contribution in [3.63, 3.8) is 0 Å². The Balaban J connectivity index is 1.87. The van der Waals surface area contributed by atoms with Gasteiger partial charge >= 0.3 is 0 Å². The number of halogens is 2. The van der Waals surface area contributed by atoms with Gasteiger partial charge in [-0.3, -0.25) is 24.0 Å². The van der Waals surface area contributed by atoms with Crippen molar-refractivity contribution in [1.29, 1.82) is 0 Å². The van der Waals surface area contributed by atoms with Crippen LogP contribution in [-0.2, 0) is 17.7 Å². The molecule has 0 spiro atoms. The lowest BCUT2D eigenvalue weighted by atomic mass is 10.0. The van der Waals surface area contributed by atoms with Crippen LogP contribution >= 0.6 is 0 Å². The highest BCUT2D eigenvalue weighted by molar-refractivity contribution is 7.77. The van der Waals surface area contributed by atoms with Crippen molar-refractivity contribution in [3.05, 3.63) is 65.2 Å². The molecular formula is C17H13F2N4O3S-. The summed E-state index contributed by atoms with van der Waals surface area (Å²) in [5.74, 6) is -3.19. The van der Waals surface area contributed by atoms with Gasteiger partial charge in [-0.1, -0.05) is 0 Å². The number of nitrogens with zero attached hydrogens (tertiary/aromatic N) is 3. The van der Waals surface area contributed by atoms with Crippen molar-refractivity contribution in [1.82, 2.24) is 19.7 Å². The molecule has 2 aromatic heterocycles. The van der Waals surface area contributed by atoms with Gasteiger partial charge in [-0.2, -0.15) is 0 Å². The van der Waals surface area contributed by atoms with Crippen molar-refractivity contribution in [2.24, 2.45) is 0 Å². The second-order valence-electron chi connectivity index (χ2n) is 5.62. The van der Waals surface area contributed by atoms with E-state index in [0.717, 1.165) is 6.07 Å². The van der Waals surface area contributed by atoms with E-state index < -0.39 is 34.2 Å². The number of benzene rings is 1. The normalized spacial score (nSPS) is 12.3. The molecule has 0 aliphatic heterocycles. The largest absolute Gasteiger partial charge is 0.760 e. The van der Waals surface area contributed by atoms with E-state index >= 15 is 0 Å². The number of hydrogen-bond donors (Lipinski definition) is 1. The van der Waals surface area contributed by atoms with Gasteiger partial charge in [0.05, 0.1) is 17.3 Å². The zero-order valence-corrected chi connectivity index (χ0v) is 14.6. The highest BCUT2D eigenvalue weighted by Crippen LogP contribution is 2.20. The van der Waals surface area contributed by atoms with Gasteiger partial charge < -0.3 is 4.55 Å². The van der Waals surface area contributed by atoms with Gasteiger partial charge in [0.25, 0.3) is 0 Å². The van der Waals surface area contributed by atoms with Crippen molar-refractivity contribution in [3.8, 4) is 0 Å². The van der Waals surface area contributed by atoms with Crippen molar-refractivity contribution >= 4 is 28.1 Å². The minimum Gasteiger partial charge on any atom is -0.760 e. The average molecular weight is 391 g/mol. The van der Waals surface area contributed by atoms with Gasteiger partial charge in [-0.25, -0.2) is 13.5 Å². The zero-order valence-electron chi connectivity index (χ0n) is 13.8. The van der Waals surface area contributed by atoms with Crippen LogP contribution in [-0.4, -0.2) is 36.0 Å². The Morgan fingerprint density at radius 1 is 1.11 bits per heavy atom. The third kappa shape index (κ3) is 4.54. The fourth-order valence-corrected chi connectivity index (χ4v) is 2.84. The van der Waals surface area contributed by atoms with Crippen LogP contribution in [0, 0.1) is 11.6 Å².